The van der Waals surface area contributed by atoms with E-state index in [0.717, 1.165) is 16.3 Å². The number of ether oxygens (including phenoxy) is 1. The second kappa shape index (κ2) is 5.03. The molecular weight excluding hydrogens is 293 g/mol. The Bertz CT molecular complexity index is 480. The molecule has 0 spiro atoms. The van der Waals surface area contributed by atoms with E-state index >= 15 is 0 Å². The van der Waals surface area contributed by atoms with Crippen LogP contribution in [-0.2, 0) is 11.3 Å². The average molecular weight is 302 g/mol. The van der Waals surface area contributed by atoms with Crippen LogP contribution in [0.25, 0.3) is 10.6 Å². The molecule has 0 saturated heterocycles. The van der Waals surface area contributed by atoms with Gasteiger partial charge in [-0.05, 0) is 18.2 Å². The first kappa shape index (κ1) is 11.7. The molecule has 84 valence electrons. The standard InChI is InChI=1S/C11H9BrFNOS/c1-15-5-10-6-16-11(14-10)7-2-8(12)4-9(13)3-7/h2-4,6H,5H2,1H3. The van der Waals surface area contributed by atoms with Crippen LogP contribution in [0.5, 0.6) is 0 Å². The topological polar surface area (TPSA) is 22.1 Å². The summed E-state index contributed by atoms with van der Waals surface area (Å²) in [5.41, 5.74) is 1.64. The van der Waals surface area contributed by atoms with E-state index in [1.165, 1.54) is 23.5 Å². The van der Waals surface area contributed by atoms with Crippen LogP contribution in [0.3, 0.4) is 0 Å². The van der Waals surface area contributed by atoms with Gasteiger partial charge in [-0.2, -0.15) is 0 Å². The smallest absolute Gasteiger partial charge is 0.125 e. The maximum atomic E-state index is 13.2. The molecule has 2 nitrogen and oxygen atoms in total. The van der Waals surface area contributed by atoms with Gasteiger partial charge in [-0.1, -0.05) is 15.9 Å². The molecule has 0 saturated carbocycles. The summed E-state index contributed by atoms with van der Waals surface area (Å²) in [4.78, 5) is 4.36. The molecule has 0 atom stereocenters. The quantitative estimate of drug-likeness (QED) is 0.859. The lowest BCUT2D eigenvalue weighted by atomic mass is 10.2. The average Bonchev–Trinajstić information content (AvgIpc) is 2.65. The van der Waals surface area contributed by atoms with Gasteiger partial charge in [0.25, 0.3) is 0 Å². The highest BCUT2D eigenvalue weighted by Crippen LogP contribution is 2.27. The van der Waals surface area contributed by atoms with Gasteiger partial charge in [0, 0.05) is 22.5 Å². The molecule has 0 radical (unpaired) electrons. The molecule has 1 heterocycles. The Morgan fingerprint density at radius 3 is 2.94 bits per heavy atom. The number of halogens is 2. The van der Waals surface area contributed by atoms with Gasteiger partial charge >= 0.3 is 0 Å². The molecule has 16 heavy (non-hydrogen) atoms. The molecule has 0 aliphatic carbocycles. The third-order valence-electron chi connectivity index (χ3n) is 1.95. The zero-order valence-corrected chi connectivity index (χ0v) is 10.9. The van der Waals surface area contributed by atoms with Gasteiger partial charge in [0.05, 0.1) is 12.3 Å². The number of hydrogen-bond acceptors (Lipinski definition) is 3. The lowest BCUT2D eigenvalue weighted by Gasteiger charge is -1.98. The molecule has 2 rings (SSSR count). The lowest BCUT2D eigenvalue weighted by Crippen LogP contribution is -1.87. The van der Waals surface area contributed by atoms with Gasteiger partial charge in [0.15, 0.2) is 0 Å². The maximum Gasteiger partial charge on any atom is 0.125 e. The van der Waals surface area contributed by atoms with Gasteiger partial charge in [-0.15, -0.1) is 11.3 Å². The lowest BCUT2D eigenvalue weighted by molar-refractivity contribution is 0.182. The number of thiazole rings is 1. The minimum atomic E-state index is -0.270. The summed E-state index contributed by atoms with van der Waals surface area (Å²) in [6, 6.07) is 4.74. The van der Waals surface area contributed by atoms with Crippen molar-refractivity contribution < 1.29 is 9.13 Å². The van der Waals surface area contributed by atoms with E-state index in [0.29, 0.717) is 11.1 Å². The molecule has 5 heteroatoms. The van der Waals surface area contributed by atoms with E-state index in [4.69, 9.17) is 4.74 Å². The van der Waals surface area contributed by atoms with Crippen molar-refractivity contribution in [2.24, 2.45) is 0 Å². The fraction of sp³-hybridized carbons (Fsp3) is 0.182. The Morgan fingerprint density at radius 2 is 2.25 bits per heavy atom. The van der Waals surface area contributed by atoms with E-state index in [1.807, 2.05) is 11.4 Å². The summed E-state index contributed by atoms with van der Waals surface area (Å²) < 4.78 is 18.9. The molecule has 0 unspecified atom stereocenters. The first-order valence-electron chi connectivity index (χ1n) is 4.59. The Labute approximate surface area is 105 Å². The molecule has 2 aromatic rings. The van der Waals surface area contributed by atoms with Gasteiger partial charge in [-0.25, -0.2) is 9.37 Å². The second-order valence-electron chi connectivity index (χ2n) is 3.24. The number of rotatable bonds is 3. The Morgan fingerprint density at radius 1 is 1.44 bits per heavy atom. The van der Waals surface area contributed by atoms with Crippen molar-refractivity contribution in [1.29, 1.82) is 0 Å². The molecule has 0 fully saturated rings. The SMILES string of the molecule is COCc1csc(-c2cc(F)cc(Br)c2)n1. The highest BCUT2D eigenvalue weighted by Gasteiger charge is 2.06. The molecule has 0 amide bonds. The zero-order valence-electron chi connectivity index (χ0n) is 8.54. The van der Waals surface area contributed by atoms with Crippen molar-refractivity contribution in [3.8, 4) is 10.6 Å². The molecule has 0 N–H and O–H groups in total. The number of methoxy groups -OCH3 is 1. The predicted octanol–water partition coefficient (Wildman–Crippen LogP) is 3.86. The van der Waals surface area contributed by atoms with Crippen LogP contribution in [0.2, 0.25) is 0 Å². The fourth-order valence-corrected chi connectivity index (χ4v) is 2.59. The van der Waals surface area contributed by atoms with E-state index in [1.54, 1.807) is 7.11 Å². The normalized spacial score (nSPS) is 10.7. The van der Waals surface area contributed by atoms with Crippen molar-refractivity contribution in [1.82, 2.24) is 4.98 Å². The van der Waals surface area contributed by atoms with Crippen LogP contribution in [-0.4, -0.2) is 12.1 Å². The minimum absolute atomic E-state index is 0.270. The van der Waals surface area contributed by atoms with Crippen LogP contribution in [0.1, 0.15) is 5.69 Å². The number of hydrogen-bond donors (Lipinski definition) is 0. The molecule has 1 aromatic heterocycles. The first-order valence-corrected chi connectivity index (χ1v) is 6.26. The first-order chi connectivity index (χ1) is 7.69. The minimum Gasteiger partial charge on any atom is -0.378 e. The number of nitrogens with zero attached hydrogens (tertiary/aromatic N) is 1. The number of benzene rings is 1. The van der Waals surface area contributed by atoms with Crippen LogP contribution >= 0.6 is 27.3 Å². The van der Waals surface area contributed by atoms with Crippen molar-refractivity contribution in [2.75, 3.05) is 7.11 Å². The van der Waals surface area contributed by atoms with Crippen LogP contribution in [0, 0.1) is 5.82 Å². The van der Waals surface area contributed by atoms with Crippen LogP contribution in [0.4, 0.5) is 4.39 Å². The highest BCUT2D eigenvalue weighted by molar-refractivity contribution is 9.10. The predicted molar refractivity (Wildman–Crippen MR) is 65.9 cm³/mol. The Kier molecular flexibility index (Phi) is 3.68. The van der Waals surface area contributed by atoms with E-state index < -0.39 is 0 Å². The van der Waals surface area contributed by atoms with Crippen molar-refractivity contribution in [3.63, 3.8) is 0 Å². The Hall–Kier alpha value is -0.780. The van der Waals surface area contributed by atoms with E-state index in [-0.39, 0.29) is 5.82 Å². The van der Waals surface area contributed by atoms with Gasteiger partial charge in [0.2, 0.25) is 0 Å². The maximum absolute atomic E-state index is 13.2. The van der Waals surface area contributed by atoms with Crippen molar-refractivity contribution in [2.45, 2.75) is 6.61 Å². The summed E-state index contributed by atoms with van der Waals surface area (Å²) in [6.45, 7) is 0.479. The van der Waals surface area contributed by atoms with Gasteiger partial charge in [0.1, 0.15) is 10.8 Å². The molecule has 1 aromatic carbocycles. The zero-order chi connectivity index (χ0) is 11.5. The number of aromatic nitrogens is 1. The summed E-state index contributed by atoms with van der Waals surface area (Å²) in [5.74, 6) is -0.270. The van der Waals surface area contributed by atoms with Crippen molar-refractivity contribution in [3.05, 3.63) is 39.6 Å². The molecule has 0 aliphatic rings. The van der Waals surface area contributed by atoms with Gasteiger partial charge < -0.3 is 4.74 Å². The molecule has 0 aliphatic heterocycles. The summed E-state index contributed by atoms with van der Waals surface area (Å²) >= 11 is 4.74. The highest BCUT2D eigenvalue weighted by atomic mass is 79.9. The monoisotopic (exact) mass is 301 g/mol. The van der Waals surface area contributed by atoms with E-state index in [9.17, 15) is 4.39 Å². The van der Waals surface area contributed by atoms with Gasteiger partial charge in [-0.3, -0.25) is 0 Å². The Balaban J connectivity index is 2.34. The van der Waals surface area contributed by atoms with Crippen LogP contribution in [0.15, 0.2) is 28.1 Å². The summed E-state index contributed by atoms with van der Waals surface area (Å²) in [6.07, 6.45) is 0. The fourth-order valence-electron chi connectivity index (χ4n) is 1.33. The largest absolute Gasteiger partial charge is 0.378 e. The molecule has 0 bridgehead atoms. The third kappa shape index (κ3) is 2.66. The second-order valence-corrected chi connectivity index (χ2v) is 5.01. The van der Waals surface area contributed by atoms with Crippen LogP contribution < -0.4 is 0 Å². The third-order valence-corrected chi connectivity index (χ3v) is 3.35. The van der Waals surface area contributed by atoms with E-state index in [2.05, 4.69) is 20.9 Å². The summed E-state index contributed by atoms with van der Waals surface area (Å²) in [5, 5.41) is 2.71. The summed E-state index contributed by atoms with van der Waals surface area (Å²) in [7, 11) is 1.62. The molecular formula is C11H9BrFNOS. The van der Waals surface area contributed by atoms with Crippen molar-refractivity contribution >= 4 is 27.3 Å².